The van der Waals surface area contributed by atoms with Crippen molar-refractivity contribution in [3.63, 3.8) is 0 Å². The van der Waals surface area contributed by atoms with Crippen molar-refractivity contribution >= 4 is 24.5 Å². The molecular formula is C66H56B2CoN10. The number of aromatic nitrogens is 10. The summed E-state index contributed by atoms with van der Waals surface area (Å²) in [7, 11) is -1.72. The standard InChI is InChI=1S/C48H40BN6.C18H16BN4.Co/c1-7-19-37(20-8-1)46(38-21-9-2-10-22-38)43-31-34-53(50-43)49(54-35-32-44(51-54)47(39-23-11-3-12-24-39)40-25-13-4-14-26-40)55-36-33-45(52-55)48(41-27-15-5-16-28-41)42-29-17-6-18-30-42;1-3-9-17(10-4-1)19(22-15-7-13-20-22,23-16-8-14-21-23)18-11-5-2-6-12-18;/h1-36,46-49H;1-16H;/q2*-1;+2. The Morgan fingerprint density at radius 2 is 0.519 bits per heavy atom. The first kappa shape index (κ1) is 51.5. The summed E-state index contributed by atoms with van der Waals surface area (Å²) in [6, 6.07) is 94.9. The summed E-state index contributed by atoms with van der Waals surface area (Å²) in [5, 5.41) is 25.3. The number of benzene rings is 8. The summed E-state index contributed by atoms with van der Waals surface area (Å²) < 4.78 is 10.2. The van der Waals surface area contributed by atoms with E-state index in [9.17, 15) is 0 Å². The molecule has 0 atom stereocenters. The molecule has 0 aliphatic heterocycles. The van der Waals surface area contributed by atoms with Crippen molar-refractivity contribution < 1.29 is 16.8 Å². The maximum atomic E-state index is 5.39. The molecule has 0 bridgehead atoms. The van der Waals surface area contributed by atoms with Crippen molar-refractivity contribution in [3.8, 4) is 0 Å². The van der Waals surface area contributed by atoms with E-state index in [0.717, 1.165) is 28.0 Å². The molecule has 385 valence electrons. The van der Waals surface area contributed by atoms with Crippen LogP contribution in [-0.4, -0.2) is 62.0 Å². The molecule has 8 aromatic carbocycles. The van der Waals surface area contributed by atoms with Crippen molar-refractivity contribution in [1.82, 2.24) is 48.5 Å². The molecule has 10 nitrogen and oxygen atoms in total. The van der Waals surface area contributed by atoms with Gasteiger partial charge in [-0.2, -0.15) is 10.9 Å². The zero-order valence-corrected chi connectivity index (χ0v) is 44.4. The van der Waals surface area contributed by atoms with Crippen LogP contribution in [0.15, 0.2) is 316 Å². The quantitative estimate of drug-likeness (QED) is 0.0900. The number of nitrogens with zero attached hydrogens (tertiary/aromatic N) is 10. The molecule has 13 rings (SSSR count). The molecule has 0 saturated heterocycles. The van der Waals surface area contributed by atoms with E-state index in [-0.39, 0.29) is 34.5 Å². The molecule has 0 amide bonds. The van der Waals surface area contributed by atoms with Crippen molar-refractivity contribution in [2.75, 3.05) is 0 Å². The smallest absolute Gasteiger partial charge is 0.413 e. The molecule has 5 aromatic heterocycles. The molecule has 0 aliphatic carbocycles. The van der Waals surface area contributed by atoms with Gasteiger partial charge in [0.25, 0.3) is 6.42 Å². The maximum Gasteiger partial charge on any atom is 2.00 e. The van der Waals surface area contributed by atoms with Crippen LogP contribution in [0.1, 0.15) is 68.2 Å². The fourth-order valence-electron chi connectivity index (χ4n) is 11.4. The Hall–Kier alpha value is -9.55. The second-order valence-corrected chi connectivity index (χ2v) is 19.6. The first-order valence-electron chi connectivity index (χ1n) is 26.6. The minimum Gasteiger partial charge on any atom is -0.413 e. The minimum atomic E-state index is -1.72. The van der Waals surface area contributed by atoms with Crippen molar-refractivity contribution in [2.45, 2.75) is 17.8 Å². The monoisotopic (exact) mass is 1070 g/mol. The van der Waals surface area contributed by atoms with Crippen LogP contribution in [0.5, 0.6) is 0 Å². The van der Waals surface area contributed by atoms with E-state index in [1.165, 1.54) is 33.4 Å². The third-order valence-electron chi connectivity index (χ3n) is 14.9. The summed E-state index contributed by atoms with van der Waals surface area (Å²) in [4.78, 5) is 0. The number of rotatable bonds is 16. The summed E-state index contributed by atoms with van der Waals surface area (Å²) in [6.45, 7) is 0. The average Bonchev–Trinajstić information content (AvgIpc) is 4.54. The first-order valence-corrected chi connectivity index (χ1v) is 26.6. The van der Waals surface area contributed by atoms with Crippen LogP contribution in [0.3, 0.4) is 0 Å². The molecule has 0 aliphatic rings. The fraction of sp³-hybridized carbons (Fsp3) is 0.0455. The summed E-state index contributed by atoms with van der Waals surface area (Å²) in [5.41, 5.74) is 12.4. The molecule has 0 unspecified atom stereocenters. The molecule has 79 heavy (non-hydrogen) atoms. The molecule has 13 aromatic rings. The second-order valence-electron chi connectivity index (χ2n) is 19.6. The van der Waals surface area contributed by atoms with Gasteiger partial charge in [0, 0.05) is 12.4 Å². The van der Waals surface area contributed by atoms with Crippen LogP contribution in [0, 0.1) is 0 Å². The zero-order valence-electron chi connectivity index (χ0n) is 43.3. The molecule has 0 N–H and O–H groups in total. The molecule has 0 saturated carbocycles. The van der Waals surface area contributed by atoms with Crippen LogP contribution in [0.2, 0.25) is 0 Å². The summed E-state index contributed by atoms with van der Waals surface area (Å²) in [5.74, 6) is -0.108. The van der Waals surface area contributed by atoms with Gasteiger partial charge in [0.15, 0.2) is 0 Å². The van der Waals surface area contributed by atoms with Gasteiger partial charge in [-0.05, 0) is 94.7 Å². The molecule has 0 fully saturated rings. The van der Waals surface area contributed by atoms with Gasteiger partial charge in [-0.3, -0.25) is 0 Å². The fourth-order valence-corrected chi connectivity index (χ4v) is 11.4. The third-order valence-corrected chi connectivity index (χ3v) is 14.9. The van der Waals surface area contributed by atoms with E-state index in [4.69, 9.17) is 15.3 Å². The molecule has 1 radical (unpaired) electrons. The van der Waals surface area contributed by atoms with Crippen LogP contribution in [-0.2, 0) is 16.8 Å². The van der Waals surface area contributed by atoms with E-state index < -0.39 is 13.5 Å². The predicted octanol–water partition coefficient (Wildman–Crippen LogP) is 11.2. The topological polar surface area (TPSA) is 89.1 Å². The molecular weight excluding hydrogens is 1010 g/mol. The van der Waals surface area contributed by atoms with E-state index in [1.807, 2.05) is 58.2 Å². The Morgan fingerprint density at radius 1 is 0.278 bits per heavy atom. The maximum absolute atomic E-state index is 5.39. The molecule has 13 heteroatoms. The van der Waals surface area contributed by atoms with Crippen LogP contribution < -0.4 is 10.9 Å². The minimum absolute atomic E-state index is 0. The normalized spacial score (nSPS) is 11.4. The van der Waals surface area contributed by atoms with Gasteiger partial charge in [0.1, 0.15) is 0 Å². The molecule has 0 spiro atoms. The number of hydrogen-bond acceptors (Lipinski definition) is 5. The van der Waals surface area contributed by atoms with Gasteiger partial charge in [0.05, 0.1) is 34.8 Å². The van der Waals surface area contributed by atoms with Crippen molar-refractivity contribution in [3.05, 3.63) is 367 Å². The van der Waals surface area contributed by atoms with Gasteiger partial charge in [0.2, 0.25) is 0 Å². The van der Waals surface area contributed by atoms with E-state index in [1.54, 1.807) is 0 Å². The van der Waals surface area contributed by atoms with Crippen molar-refractivity contribution in [1.29, 1.82) is 0 Å². The van der Waals surface area contributed by atoms with E-state index in [2.05, 4.69) is 291 Å². The SMILES string of the molecule is [Co+2].c1ccc(C(c2ccccc2)c2ccn([BH-](n3ccc(C(c4ccccc4)c4ccccc4)n3)n3ccc(C(c4ccccc4)c4ccccc4)n3)n2)cc1.c1ccc([B-](c2ccccc2)(n2cccn2)n2cccn2)cc1. The average molecular weight is 1070 g/mol. The van der Waals surface area contributed by atoms with Crippen LogP contribution in [0.4, 0.5) is 0 Å². The molecule has 5 heterocycles. The zero-order chi connectivity index (χ0) is 52.4. The Labute approximate surface area is 471 Å². The Morgan fingerprint density at radius 3 is 0.747 bits per heavy atom. The second kappa shape index (κ2) is 24.2. The summed E-state index contributed by atoms with van der Waals surface area (Å²) in [6.07, 6.45) is 12.4. The van der Waals surface area contributed by atoms with Gasteiger partial charge in [-0.25, -0.2) is 25.5 Å². The van der Waals surface area contributed by atoms with Gasteiger partial charge >= 0.3 is 23.9 Å². The Balaban J connectivity index is 0.000000229. The summed E-state index contributed by atoms with van der Waals surface area (Å²) >= 11 is 0. The Kier molecular flexibility index (Phi) is 15.8. The van der Waals surface area contributed by atoms with E-state index >= 15 is 0 Å². The first-order chi connectivity index (χ1) is 38.7. The van der Waals surface area contributed by atoms with Crippen molar-refractivity contribution in [2.24, 2.45) is 0 Å². The number of hydrogen-bond donors (Lipinski definition) is 0. The largest absolute Gasteiger partial charge is 2.00 e. The van der Waals surface area contributed by atoms with Gasteiger partial charge in [-0.15, -0.1) is 0 Å². The van der Waals surface area contributed by atoms with Gasteiger partial charge < -0.3 is 23.0 Å². The van der Waals surface area contributed by atoms with Gasteiger partial charge in [-0.1, -0.05) is 243 Å². The predicted molar refractivity (Wildman–Crippen MR) is 315 cm³/mol. The van der Waals surface area contributed by atoms with E-state index in [0.29, 0.717) is 0 Å². The Bertz CT molecular complexity index is 3380. The van der Waals surface area contributed by atoms with Crippen LogP contribution in [0.25, 0.3) is 0 Å². The third kappa shape index (κ3) is 10.8. The van der Waals surface area contributed by atoms with Crippen LogP contribution >= 0.6 is 0 Å².